The van der Waals surface area contributed by atoms with E-state index in [2.05, 4.69) is 17.1 Å². The Kier molecular flexibility index (Phi) is 4.20. The lowest BCUT2D eigenvalue weighted by molar-refractivity contribution is 0.0643. The molecule has 0 aliphatic carbocycles. The summed E-state index contributed by atoms with van der Waals surface area (Å²) in [5.41, 5.74) is 1.81. The zero-order chi connectivity index (χ0) is 13.0. The van der Waals surface area contributed by atoms with E-state index in [1.165, 1.54) is 0 Å². The van der Waals surface area contributed by atoms with Crippen LogP contribution in [0.3, 0.4) is 0 Å². The van der Waals surface area contributed by atoms with Crippen LogP contribution in [0.1, 0.15) is 17.3 Å². The summed E-state index contributed by atoms with van der Waals surface area (Å²) in [7, 11) is 1.88. The molecule has 1 fully saturated rings. The molecule has 0 unspecified atom stereocenters. The van der Waals surface area contributed by atoms with Gasteiger partial charge in [-0.3, -0.25) is 4.79 Å². The number of anilines is 1. The van der Waals surface area contributed by atoms with Gasteiger partial charge in [-0.1, -0.05) is 6.92 Å². The highest BCUT2D eigenvalue weighted by molar-refractivity contribution is 5.94. The van der Waals surface area contributed by atoms with Crippen LogP contribution >= 0.6 is 0 Å². The predicted octanol–water partition coefficient (Wildman–Crippen LogP) is 1.51. The molecule has 0 aromatic heterocycles. The predicted molar refractivity (Wildman–Crippen MR) is 74.0 cm³/mol. The molecule has 1 saturated heterocycles. The van der Waals surface area contributed by atoms with E-state index in [4.69, 9.17) is 0 Å². The number of likely N-dealkylation sites (N-methyl/N-ethyl adjacent to an activating group) is 1. The lowest BCUT2D eigenvalue weighted by Gasteiger charge is -2.34. The lowest BCUT2D eigenvalue weighted by atomic mass is 10.1. The number of benzene rings is 1. The molecule has 2 rings (SSSR count). The van der Waals surface area contributed by atoms with Gasteiger partial charge in [0.1, 0.15) is 0 Å². The molecule has 1 heterocycles. The first-order chi connectivity index (χ1) is 8.74. The van der Waals surface area contributed by atoms with Crippen LogP contribution in [0, 0.1) is 0 Å². The molecule has 1 N–H and O–H groups in total. The van der Waals surface area contributed by atoms with Crippen molar-refractivity contribution in [2.24, 2.45) is 0 Å². The molecule has 0 radical (unpaired) electrons. The fourth-order valence-electron chi connectivity index (χ4n) is 2.23. The molecule has 1 amide bonds. The number of amides is 1. The van der Waals surface area contributed by atoms with Gasteiger partial charge in [0.15, 0.2) is 0 Å². The Morgan fingerprint density at radius 2 is 1.78 bits per heavy atom. The zero-order valence-electron chi connectivity index (χ0n) is 11.1. The Balaban J connectivity index is 1.98. The summed E-state index contributed by atoms with van der Waals surface area (Å²) >= 11 is 0. The van der Waals surface area contributed by atoms with Crippen LogP contribution in [-0.2, 0) is 0 Å². The van der Waals surface area contributed by atoms with Gasteiger partial charge in [-0.05, 0) is 30.8 Å². The second kappa shape index (κ2) is 5.87. The monoisotopic (exact) mass is 247 g/mol. The first-order valence-electron chi connectivity index (χ1n) is 6.54. The molecule has 0 spiro atoms. The minimum Gasteiger partial charge on any atom is -0.388 e. The standard InChI is InChI=1S/C14H21N3O/c1-3-16-8-10-17(11-9-16)14(18)12-4-6-13(15-2)7-5-12/h4-7,15H,3,8-11H2,1-2H3. The summed E-state index contributed by atoms with van der Waals surface area (Å²) in [6.45, 7) is 6.86. The molecule has 0 atom stereocenters. The van der Waals surface area contributed by atoms with Crippen molar-refractivity contribution in [2.75, 3.05) is 45.1 Å². The number of rotatable bonds is 3. The van der Waals surface area contributed by atoms with E-state index >= 15 is 0 Å². The van der Waals surface area contributed by atoms with E-state index in [1.807, 2.05) is 36.2 Å². The maximum absolute atomic E-state index is 12.3. The van der Waals surface area contributed by atoms with E-state index in [9.17, 15) is 4.79 Å². The van der Waals surface area contributed by atoms with Gasteiger partial charge in [0.2, 0.25) is 0 Å². The highest BCUT2D eigenvalue weighted by Crippen LogP contribution is 2.12. The molecule has 18 heavy (non-hydrogen) atoms. The number of carbonyl (C=O) groups is 1. The van der Waals surface area contributed by atoms with Crippen LogP contribution in [0.2, 0.25) is 0 Å². The first-order valence-corrected chi connectivity index (χ1v) is 6.54. The van der Waals surface area contributed by atoms with Crippen LogP contribution in [0.15, 0.2) is 24.3 Å². The summed E-state index contributed by atoms with van der Waals surface area (Å²) < 4.78 is 0. The highest BCUT2D eigenvalue weighted by atomic mass is 16.2. The van der Waals surface area contributed by atoms with Crippen molar-refractivity contribution in [3.8, 4) is 0 Å². The fraction of sp³-hybridized carbons (Fsp3) is 0.500. The maximum atomic E-state index is 12.3. The van der Waals surface area contributed by atoms with Gasteiger partial charge >= 0.3 is 0 Å². The summed E-state index contributed by atoms with van der Waals surface area (Å²) in [4.78, 5) is 16.6. The largest absolute Gasteiger partial charge is 0.388 e. The first kappa shape index (κ1) is 12.9. The van der Waals surface area contributed by atoms with E-state index < -0.39 is 0 Å². The molecule has 4 nitrogen and oxygen atoms in total. The topological polar surface area (TPSA) is 35.6 Å². The minimum absolute atomic E-state index is 0.147. The number of nitrogens with one attached hydrogen (secondary N) is 1. The number of hydrogen-bond donors (Lipinski definition) is 1. The van der Waals surface area contributed by atoms with Gasteiger partial charge < -0.3 is 15.1 Å². The van der Waals surface area contributed by atoms with E-state index in [0.29, 0.717) is 0 Å². The third kappa shape index (κ3) is 2.82. The number of carbonyl (C=O) groups excluding carboxylic acids is 1. The average molecular weight is 247 g/mol. The molecule has 98 valence electrons. The summed E-state index contributed by atoms with van der Waals surface area (Å²) in [5.74, 6) is 0.147. The summed E-state index contributed by atoms with van der Waals surface area (Å²) in [6.07, 6.45) is 0. The highest BCUT2D eigenvalue weighted by Gasteiger charge is 2.20. The van der Waals surface area contributed by atoms with Crippen molar-refractivity contribution in [3.63, 3.8) is 0 Å². The Labute approximate surface area is 109 Å². The molecule has 4 heteroatoms. The molecule has 0 saturated carbocycles. The van der Waals surface area contributed by atoms with Crippen molar-refractivity contribution in [3.05, 3.63) is 29.8 Å². The molecule has 1 aliphatic heterocycles. The second-order valence-electron chi connectivity index (χ2n) is 4.55. The van der Waals surface area contributed by atoms with E-state index in [-0.39, 0.29) is 5.91 Å². The lowest BCUT2D eigenvalue weighted by Crippen LogP contribution is -2.48. The molecule has 1 aromatic carbocycles. The van der Waals surface area contributed by atoms with Gasteiger partial charge in [-0.15, -0.1) is 0 Å². The smallest absolute Gasteiger partial charge is 0.253 e. The van der Waals surface area contributed by atoms with E-state index in [0.717, 1.165) is 44.0 Å². The van der Waals surface area contributed by atoms with Gasteiger partial charge in [0.05, 0.1) is 0 Å². The van der Waals surface area contributed by atoms with Crippen LogP contribution in [0.4, 0.5) is 5.69 Å². The Morgan fingerprint density at radius 3 is 2.28 bits per heavy atom. The number of piperazine rings is 1. The van der Waals surface area contributed by atoms with Crippen molar-refractivity contribution in [2.45, 2.75) is 6.92 Å². The fourth-order valence-corrected chi connectivity index (χ4v) is 2.23. The summed E-state index contributed by atoms with van der Waals surface area (Å²) in [5, 5.41) is 3.05. The molecule has 1 aliphatic rings. The third-order valence-corrected chi connectivity index (χ3v) is 3.53. The Hall–Kier alpha value is -1.55. The van der Waals surface area contributed by atoms with Crippen molar-refractivity contribution in [1.29, 1.82) is 0 Å². The van der Waals surface area contributed by atoms with Crippen LogP contribution in [0.5, 0.6) is 0 Å². The van der Waals surface area contributed by atoms with Gasteiger partial charge in [-0.25, -0.2) is 0 Å². The third-order valence-electron chi connectivity index (χ3n) is 3.53. The quantitative estimate of drug-likeness (QED) is 0.879. The second-order valence-corrected chi connectivity index (χ2v) is 4.55. The van der Waals surface area contributed by atoms with E-state index in [1.54, 1.807) is 0 Å². The maximum Gasteiger partial charge on any atom is 0.253 e. The van der Waals surface area contributed by atoms with Crippen LogP contribution in [-0.4, -0.2) is 55.5 Å². The molecule has 1 aromatic rings. The average Bonchev–Trinajstić information content (AvgIpc) is 2.47. The van der Waals surface area contributed by atoms with Crippen LogP contribution < -0.4 is 5.32 Å². The SMILES string of the molecule is CCN1CCN(C(=O)c2ccc(NC)cc2)CC1. The van der Waals surface area contributed by atoms with Crippen molar-refractivity contribution in [1.82, 2.24) is 9.80 Å². The van der Waals surface area contributed by atoms with Crippen molar-refractivity contribution < 1.29 is 4.79 Å². The Morgan fingerprint density at radius 1 is 1.17 bits per heavy atom. The van der Waals surface area contributed by atoms with Gasteiger partial charge in [0.25, 0.3) is 5.91 Å². The normalized spacial score (nSPS) is 16.7. The summed E-state index contributed by atoms with van der Waals surface area (Å²) in [6, 6.07) is 7.66. The minimum atomic E-state index is 0.147. The number of nitrogens with zero attached hydrogens (tertiary/aromatic N) is 2. The van der Waals surface area contributed by atoms with Crippen molar-refractivity contribution >= 4 is 11.6 Å². The molecule has 0 bridgehead atoms. The zero-order valence-corrected chi connectivity index (χ0v) is 11.1. The number of hydrogen-bond acceptors (Lipinski definition) is 3. The molecular formula is C14H21N3O. The van der Waals surface area contributed by atoms with Gasteiger partial charge in [-0.2, -0.15) is 0 Å². The molecular weight excluding hydrogens is 226 g/mol. The Bertz CT molecular complexity index is 394. The van der Waals surface area contributed by atoms with Gasteiger partial charge in [0, 0.05) is 44.5 Å². The van der Waals surface area contributed by atoms with Crippen LogP contribution in [0.25, 0.3) is 0 Å².